The molecule has 0 amide bonds. The lowest BCUT2D eigenvalue weighted by atomic mass is 9.90. The Kier molecular flexibility index (Phi) is 3.49. The molecule has 0 unspecified atom stereocenters. The van der Waals surface area contributed by atoms with Crippen molar-refractivity contribution in [3.8, 4) is 9.88 Å². The monoisotopic (exact) mass is 316 g/mol. The second-order valence-corrected chi connectivity index (χ2v) is 6.94. The van der Waals surface area contributed by atoms with Gasteiger partial charge in [-0.15, -0.1) is 22.7 Å². The van der Waals surface area contributed by atoms with Crippen molar-refractivity contribution in [2.24, 2.45) is 5.73 Å². The summed E-state index contributed by atoms with van der Waals surface area (Å²) in [4.78, 5) is 5.87. The molecule has 0 aliphatic rings. The zero-order valence-electron chi connectivity index (χ0n) is 9.16. The molecule has 2 rings (SSSR count). The highest BCUT2D eigenvalue weighted by Gasteiger charge is 2.22. The quantitative estimate of drug-likeness (QED) is 0.933. The molecule has 0 radical (unpaired) electrons. The van der Waals surface area contributed by atoms with Crippen LogP contribution >= 0.6 is 38.6 Å². The number of rotatable bonds is 3. The second kappa shape index (κ2) is 4.56. The molecule has 86 valence electrons. The van der Waals surface area contributed by atoms with E-state index in [0.717, 1.165) is 15.2 Å². The number of hydrogen-bond acceptors (Lipinski definition) is 4. The van der Waals surface area contributed by atoms with Crippen molar-refractivity contribution in [2.75, 3.05) is 6.54 Å². The standard InChI is InChI=1S/C11H13BrN2S2/c1-11(2,6-13)9-5-16-10(14-9)8-3-7(12)4-15-8/h3-5H,6,13H2,1-2H3. The van der Waals surface area contributed by atoms with Crippen molar-refractivity contribution >= 4 is 38.6 Å². The van der Waals surface area contributed by atoms with E-state index in [1.165, 1.54) is 4.88 Å². The van der Waals surface area contributed by atoms with Gasteiger partial charge in [0, 0.05) is 27.2 Å². The number of hydrogen-bond donors (Lipinski definition) is 1. The van der Waals surface area contributed by atoms with E-state index in [4.69, 9.17) is 5.73 Å². The van der Waals surface area contributed by atoms with Crippen molar-refractivity contribution in [3.05, 3.63) is 27.0 Å². The van der Waals surface area contributed by atoms with Crippen molar-refractivity contribution in [1.29, 1.82) is 0 Å². The van der Waals surface area contributed by atoms with Crippen molar-refractivity contribution < 1.29 is 0 Å². The van der Waals surface area contributed by atoms with E-state index in [2.05, 4.69) is 51.6 Å². The molecule has 0 bridgehead atoms. The van der Waals surface area contributed by atoms with Gasteiger partial charge in [-0.1, -0.05) is 13.8 Å². The van der Waals surface area contributed by atoms with Crippen LogP contribution in [0.3, 0.4) is 0 Å². The number of halogens is 1. The Morgan fingerprint density at radius 2 is 2.12 bits per heavy atom. The Labute approximate surface area is 112 Å². The van der Waals surface area contributed by atoms with Crippen LogP contribution in [0.25, 0.3) is 9.88 Å². The Bertz CT molecular complexity index is 488. The minimum absolute atomic E-state index is 0.0385. The van der Waals surface area contributed by atoms with Crippen LogP contribution in [-0.4, -0.2) is 11.5 Å². The molecule has 2 aromatic rings. The van der Waals surface area contributed by atoms with Gasteiger partial charge >= 0.3 is 0 Å². The third kappa shape index (κ3) is 2.37. The van der Waals surface area contributed by atoms with Gasteiger partial charge in [0.1, 0.15) is 5.01 Å². The largest absolute Gasteiger partial charge is 0.330 e. The van der Waals surface area contributed by atoms with Gasteiger partial charge in [0.25, 0.3) is 0 Å². The first-order valence-electron chi connectivity index (χ1n) is 4.93. The molecular formula is C11H13BrN2S2. The topological polar surface area (TPSA) is 38.9 Å². The minimum Gasteiger partial charge on any atom is -0.330 e. The summed E-state index contributed by atoms with van der Waals surface area (Å²) in [5, 5.41) is 5.26. The van der Waals surface area contributed by atoms with Crippen LogP contribution in [0.5, 0.6) is 0 Å². The van der Waals surface area contributed by atoms with Gasteiger partial charge in [-0.3, -0.25) is 0 Å². The van der Waals surface area contributed by atoms with E-state index in [0.29, 0.717) is 6.54 Å². The maximum absolute atomic E-state index is 5.75. The van der Waals surface area contributed by atoms with Gasteiger partial charge in [0.15, 0.2) is 0 Å². The Hall–Kier alpha value is -0.230. The van der Waals surface area contributed by atoms with E-state index in [1.807, 2.05) is 0 Å². The molecule has 2 N–H and O–H groups in total. The molecule has 5 heteroatoms. The minimum atomic E-state index is -0.0385. The van der Waals surface area contributed by atoms with E-state index in [1.54, 1.807) is 22.7 Å². The molecule has 0 spiro atoms. The fraction of sp³-hybridized carbons (Fsp3) is 0.364. The van der Waals surface area contributed by atoms with Gasteiger partial charge in [0.2, 0.25) is 0 Å². The average Bonchev–Trinajstić information content (AvgIpc) is 2.85. The van der Waals surface area contributed by atoms with Crippen molar-refractivity contribution in [3.63, 3.8) is 0 Å². The summed E-state index contributed by atoms with van der Waals surface area (Å²) in [6.07, 6.45) is 0. The highest BCUT2D eigenvalue weighted by atomic mass is 79.9. The third-order valence-corrected chi connectivity index (χ3v) is 5.19. The van der Waals surface area contributed by atoms with Gasteiger partial charge < -0.3 is 5.73 Å². The normalized spacial score (nSPS) is 12.0. The number of nitrogens with two attached hydrogens (primary N) is 1. The summed E-state index contributed by atoms with van der Waals surface area (Å²) in [7, 11) is 0. The lowest BCUT2D eigenvalue weighted by Crippen LogP contribution is -2.28. The van der Waals surface area contributed by atoms with Crippen LogP contribution in [0.15, 0.2) is 21.3 Å². The van der Waals surface area contributed by atoms with E-state index in [-0.39, 0.29) is 5.41 Å². The highest BCUT2D eigenvalue weighted by Crippen LogP contribution is 2.34. The Morgan fingerprint density at radius 3 is 2.69 bits per heavy atom. The van der Waals surface area contributed by atoms with Crippen LogP contribution in [0, 0.1) is 0 Å². The van der Waals surface area contributed by atoms with Gasteiger partial charge in [-0.25, -0.2) is 4.98 Å². The number of nitrogens with zero attached hydrogens (tertiary/aromatic N) is 1. The van der Waals surface area contributed by atoms with E-state index in [9.17, 15) is 0 Å². The maximum Gasteiger partial charge on any atom is 0.133 e. The maximum atomic E-state index is 5.75. The zero-order valence-corrected chi connectivity index (χ0v) is 12.4. The second-order valence-electron chi connectivity index (χ2n) is 4.26. The van der Waals surface area contributed by atoms with E-state index < -0.39 is 0 Å². The van der Waals surface area contributed by atoms with Crippen LogP contribution in [0.1, 0.15) is 19.5 Å². The molecule has 2 heterocycles. The molecule has 0 fully saturated rings. The summed E-state index contributed by atoms with van der Waals surface area (Å²) < 4.78 is 1.11. The first-order valence-corrected chi connectivity index (χ1v) is 7.48. The summed E-state index contributed by atoms with van der Waals surface area (Å²) in [5.41, 5.74) is 6.79. The fourth-order valence-corrected chi connectivity index (χ4v) is 3.75. The number of thiophene rings is 1. The zero-order chi connectivity index (χ0) is 11.8. The Morgan fingerprint density at radius 1 is 1.38 bits per heavy atom. The van der Waals surface area contributed by atoms with Crippen molar-refractivity contribution in [1.82, 2.24) is 4.98 Å². The van der Waals surface area contributed by atoms with Crippen LogP contribution < -0.4 is 5.73 Å². The van der Waals surface area contributed by atoms with Gasteiger partial charge in [-0.2, -0.15) is 0 Å². The first-order chi connectivity index (χ1) is 7.53. The SMILES string of the molecule is CC(C)(CN)c1csc(-c2cc(Br)cs2)n1. The molecule has 0 saturated carbocycles. The smallest absolute Gasteiger partial charge is 0.133 e. The van der Waals surface area contributed by atoms with Crippen LogP contribution in [0.4, 0.5) is 0 Å². The molecule has 0 aliphatic carbocycles. The van der Waals surface area contributed by atoms with Crippen LogP contribution in [-0.2, 0) is 5.41 Å². The Balaban J connectivity index is 2.33. The summed E-state index contributed by atoms with van der Waals surface area (Å²) in [6, 6.07) is 2.10. The molecule has 0 aromatic carbocycles. The van der Waals surface area contributed by atoms with Crippen molar-refractivity contribution in [2.45, 2.75) is 19.3 Å². The lowest BCUT2D eigenvalue weighted by Gasteiger charge is -2.19. The average molecular weight is 317 g/mol. The molecule has 0 atom stereocenters. The predicted molar refractivity (Wildman–Crippen MR) is 75.2 cm³/mol. The summed E-state index contributed by atoms with van der Waals surface area (Å²) in [6.45, 7) is 4.86. The number of thiazole rings is 1. The van der Waals surface area contributed by atoms with Gasteiger partial charge in [-0.05, 0) is 22.0 Å². The van der Waals surface area contributed by atoms with E-state index >= 15 is 0 Å². The lowest BCUT2D eigenvalue weighted by molar-refractivity contribution is 0.525. The number of aromatic nitrogens is 1. The molecule has 2 nitrogen and oxygen atoms in total. The first kappa shape index (κ1) is 12.2. The molecule has 2 aromatic heterocycles. The predicted octanol–water partition coefficient (Wildman–Crippen LogP) is 3.87. The molecule has 0 saturated heterocycles. The molecule has 0 aliphatic heterocycles. The molecular weight excluding hydrogens is 304 g/mol. The highest BCUT2D eigenvalue weighted by molar-refractivity contribution is 9.10. The van der Waals surface area contributed by atoms with Gasteiger partial charge in [0.05, 0.1) is 10.6 Å². The summed E-state index contributed by atoms with van der Waals surface area (Å²) >= 11 is 6.84. The fourth-order valence-electron chi connectivity index (χ4n) is 1.23. The molecule has 16 heavy (non-hydrogen) atoms. The summed E-state index contributed by atoms with van der Waals surface area (Å²) in [5.74, 6) is 0. The third-order valence-electron chi connectivity index (χ3n) is 2.49. The van der Waals surface area contributed by atoms with Crippen LogP contribution in [0.2, 0.25) is 0 Å².